The highest BCUT2D eigenvalue weighted by Gasteiger charge is 2.14. The Bertz CT molecular complexity index is 554. The zero-order valence-electron chi connectivity index (χ0n) is 11.2. The third kappa shape index (κ3) is 3.39. The molecule has 0 fully saturated rings. The summed E-state index contributed by atoms with van der Waals surface area (Å²) in [6.45, 7) is 3.22. The summed E-state index contributed by atoms with van der Waals surface area (Å²) in [6.07, 6.45) is 2.91. The molecular formula is C14H18Cl2N2S. The van der Waals surface area contributed by atoms with Crippen LogP contribution in [0.4, 0.5) is 0 Å². The molecule has 0 aliphatic carbocycles. The van der Waals surface area contributed by atoms with Crippen LogP contribution in [0, 0.1) is 5.92 Å². The summed E-state index contributed by atoms with van der Waals surface area (Å²) in [5.41, 5.74) is 2.00. The molecule has 0 aliphatic rings. The topological polar surface area (TPSA) is 17.8 Å². The maximum absolute atomic E-state index is 6.23. The van der Waals surface area contributed by atoms with Crippen LogP contribution in [0.5, 0.6) is 0 Å². The van der Waals surface area contributed by atoms with E-state index >= 15 is 0 Å². The van der Waals surface area contributed by atoms with Crippen molar-refractivity contribution in [2.75, 3.05) is 17.9 Å². The Balaban J connectivity index is 2.43. The first kappa shape index (κ1) is 15.0. The second kappa shape index (κ2) is 6.87. The van der Waals surface area contributed by atoms with E-state index < -0.39 is 0 Å². The SMILES string of the molecule is CSCC(C)Cn1c(CCCl)nc2c(Cl)cccc21. The van der Waals surface area contributed by atoms with Gasteiger partial charge in [-0.2, -0.15) is 11.8 Å². The molecule has 104 valence electrons. The van der Waals surface area contributed by atoms with Crippen molar-refractivity contribution < 1.29 is 0 Å². The van der Waals surface area contributed by atoms with Gasteiger partial charge in [0.25, 0.3) is 0 Å². The zero-order chi connectivity index (χ0) is 13.8. The molecule has 1 heterocycles. The van der Waals surface area contributed by atoms with Crippen LogP contribution >= 0.6 is 35.0 Å². The predicted octanol–water partition coefficient (Wildman–Crippen LogP) is 4.47. The molecule has 1 aromatic heterocycles. The van der Waals surface area contributed by atoms with Gasteiger partial charge in [-0.3, -0.25) is 0 Å². The molecule has 0 N–H and O–H groups in total. The highest BCUT2D eigenvalue weighted by molar-refractivity contribution is 7.98. The van der Waals surface area contributed by atoms with Crippen LogP contribution in [-0.4, -0.2) is 27.4 Å². The zero-order valence-corrected chi connectivity index (χ0v) is 13.5. The van der Waals surface area contributed by atoms with Crippen molar-refractivity contribution in [1.29, 1.82) is 0 Å². The summed E-state index contributed by atoms with van der Waals surface area (Å²) < 4.78 is 2.27. The van der Waals surface area contributed by atoms with Gasteiger partial charge in [0.05, 0.1) is 10.5 Å². The predicted molar refractivity (Wildman–Crippen MR) is 86.7 cm³/mol. The van der Waals surface area contributed by atoms with Gasteiger partial charge in [-0.25, -0.2) is 4.98 Å². The number of aromatic nitrogens is 2. The van der Waals surface area contributed by atoms with Gasteiger partial charge in [0.1, 0.15) is 11.3 Å². The first-order chi connectivity index (χ1) is 9.17. The summed E-state index contributed by atoms with van der Waals surface area (Å²) in [7, 11) is 0. The van der Waals surface area contributed by atoms with Gasteiger partial charge in [0.15, 0.2) is 0 Å². The third-order valence-corrected chi connectivity index (χ3v) is 4.47. The average molecular weight is 317 g/mol. The summed E-state index contributed by atoms with van der Waals surface area (Å²) in [4.78, 5) is 4.65. The summed E-state index contributed by atoms with van der Waals surface area (Å²) in [5, 5.41) is 0.713. The van der Waals surface area contributed by atoms with Crippen molar-refractivity contribution in [3.63, 3.8) is 0 Å². The van der Waals surface area contributed by atoms with Crippen molar-refractivity contribution >= 4 is 46.0 Å². The van der Waals surface area contributed by atoms with E-state index in [-0.39, 0.29) is 0 Å². The normalized spacial score (nSPS) is 13.1. The molecule has 19 heavy (non-hydrogen) atoms. The van der Waals surface area contributed by atoms with Gasteiger partial charge in [0, 0.05) is 18.8 Å². The number of thioether (sulfide) groups is 1. The lowest BCUT2D eigenvalue weighted by molar-refractivity contribution is 0.526. The molecule has 5 heteroatoms. The molecule has 0 saturated carbocycles. The highest BCUT2D eigenvalue weighted by atomic mass is 35.5. The Morgan fingerprint density at radius 3 is 2.89 bits per heavy atom. The fourth-order valence-corrected chi connectivity index (χ4v) is 3.34. The smallest absolute Gasteiger partial charge is 0.111 e. The maximum Gasteiger partial charge on any atom is 0.111 e. The first-order valence-corrected chi connectivity index (χ1v) is 8.66. The maximum atomic E-state index is 6.23. The van der Waals surface area contributed by atoms with E-state index in [1.807, 2.05) is 23.9 Å². The van der Waals surface area contributed by atoms with Crippen molar-refractivity contribution in [1.82, 2.24) is 9.55 Å². The van der Waals surface area contributed by atoms with E-state index in [9.17, 15) is 0 Å². The second-order valence-electron chi connectivity index (χ2n) is 4.75. The largest absolute Gasteiger partial charge is 0.328 e. The number of hydrogen-bond donors (Lipinski definition) is 0. The molecule has 0 radical (unpaired) electrons. The number of rotatable bonds is 6. The van der Waals surface area contributed by atoms with Gasteiger partial charge >= 0.3 is 0 Å². The first-order valence-electron chi connectivity index (χ1n) is 6.36. The van der Waals surface area contributed by atoms with Crippen LogP contribution in [0.1, 0.15) is 12.7 Å². The number of fused-ring (bicyclic) bond motifs is 1. The Labute approximate surface area is 128 Å². The van der Waals surface area contributed by atoms with Crippen molar-refractivity contribution in [2.24, 2.45) is 5.92 Å². The van der Waals surface area contributed by atoms with Gasteiger partial charge in [-0.1, -0.05) is 24.6 Å². The lowest BCUT2D eigenvalue weighted by atomic mass is 10.2. The molecule has 1 aromatic carbocycles. The van der Waals surface area contributed by atoms with Crippen LogP contribution < -0.4 is 0 Å². The fraction of sp³-hybridized carbons (Fsp3) is 0.500. The summed E-state index contributed by atoms with van der Waals surface area (Å²) >= 11 is 14.0. The monoisotopic (exact) mass is 316 g/mol. The molecule has 1 atom stereocenters. The molecule has 0 aliphatic heterocycles. The minimum atomic E-state index is 0.581. The number of alkyl halides is 1. The number of halogens is 2. The molecule has 2 aromatic rings. The van der Waals surface area contributed by atoms with Crippen LogP contribution in [0.2, 0.25) is 5.02 Å². The van der Waals surface area contributed by atoms with E-state index in [4.69, 9.17) is 23.2 Å². The molecule has 2 rings (SSSR count). The fourth-order valence-electron chi connectivity index (χ4n) is 2.29. The Kier molecular flexibility index (Phi) is 5.43. The van der Waals surface area contributed by atoms with Crippen molar-refractivity contribution in [2.45, 2.75) is 19.9 Å². The number of imidazole rings is 1. The molecule has 0 bridgehead atoms. The van der Waals surface area contributed by atoms with Gasteiger partial charge in [-0.05, 0) is 30.1 Å². The molecule has 0 spiro atoms. The van der Waals surface area contributed by atoms with Crippen LogP contribution in [0.25, 0.3) is 11.0 Å². The molecular weight excluding hydrogens is 299 g/mol. The second-order valence-corrected chi connectivity index (χ2v) is 6.44. The quantitative estimate of drug-likeness (QED) is 0.732. The molecule has 0 amide bonds. The number of aryl methyl sites for hydroxylation is 1. The molecule has 0 saturated heterocycles. The van der Waals surface area contributed by atoms with Gasteiger partial charge < -0.3 is 4.57 Å². The van der Waals surface area contributed by atoms with Gasteiger partial charge in [0.2, 0.25) is 0 Å². The third-order valence-electron chi connectivity index (χ3n) is 3.07. The van der Waals surface area contributed by atoms with Crippen LogP contribution in [-0.2, 0) is 13.0 Å². The molecule has 1 unspecified atom stereocenters. The number of para-hydroxylation sites is 1. The summed E-state index contributed by atoms with van der Waals surface area (Å²) in [6, 6.07) is 5.95. The van der Waals surface area contributed by atoms with Crippen molar-refractivity contribution in [3.8, 4) is 0 Å². The van der Waals surface area contributed by atoms with E-state index in [0.29, 0.717) is 16.8 Å². The minimum absolute atomic E-state index is 0.581. The molecule has 2 nitrogen and oxygen atoms in total. The van der Waals surface area contributed by atoms with E-state index in [1.165, 1.54) is 0 Å². The summed E-state index contributed by atoms with van der Waals surface area (Å²) in [5.74, 6) is 3.35. The van der Waals surface area contributed by atoms with Crippen LogP contribution in [0.15, 0.2) is 18.2 Å². The number of nitrogens with zero attached hydrogens (tertiary/aromatic N) is 2. The van der Waals surface area contributed by atoms with Crippen LogP contribution in [0.3, 0.4) is 0 Å². The lowest BCUT2D eigenvalue weighted by Gasteiger charge is -2.14. The Morgan fingerprint density at radius 2 is 2.21 bits per heavy atom. The number of hydrogen-bond acceptors (Lipinski definition) is 2. The highest BCUT2D eigenvalue weighted by Crippen LogP contribution is 2.25. The van der Waals surface area contributed by atoms with E-state index in [2.05, 4.69) is 28.8 Å². The minimum Gasteiger partial charge on any atom is -0.328 e. The Morgan fingerprint density at radius 1 is 1.42 bits per heavy atom. The van der Waals surface area contributed by atoms with Gasteiger partial charge in [-0.15, -0.1) is 11.6 Å². The lowest BCUT2D eigenvalue weighted by Crippen LogP contribution is -2.13. The Hall–Kier alpha value is -0.380. The van der Waals surface area contributed by atoms with E-state index in [1.54, 1.807) is 0 Å². The number of benzene rings is 1. The average Bonchev–Trinajstić information content (AvgIpc) is 2.71. The standard InChI is InChI=1S/C14H18Cl2N2S/c1-10(9-19-2)8-18-12-5-3-4-11(16)14(12)17-13(18)6-7-15/h3-5,10H,6-9H2,1-2H3. The van der Waals surface area contributed by atoms with E-state index in [0.717, 1.165) is 35.6 Å². The van der Waals surface area contributed by atoms with Crippen molar-refractivity contribution in [3.05, 3.63) is 29.0 Å².